The van der Waals surface area contributed by atoms with E-state index in [1.807, 2.05) is 0 Å². The first-order chi connectivity index (χ1) is 7.82. The van der Waals surface area contributed by atoms with E-state index in [2.05, 4.69) is 29.8 Å². The molecule has 0 bridgehead atoms. The Morgan fingerprint density at radius 1 is 1.41 bits per heavy atom. The SMILES string of the molecule is CC(N)(c1nc(-c2ncn[nH]2)no1)C(F)(F)F. The van der Waals surface area contributed by atoms with Crippen molar-refractivity contribution in [2.45, 2.75) is 18.6 Å². The van der Waals surface area contributed by atoms with E-state index >= 15 is 0 Å². The lowest BCUT2D eigenvalue weighted by Gasteiger charge is -2.22. The minimum atomic E-state index is -4.70. The molecular formula is C7H7F3N6O. The van der Waals surface area contributed by atoms with Crippen LogP contribution < -0.4 is 5.73 Å². The lowest BCUT2D eigenvalue weighted by atomic mass is 10.0. The quantitative estimate of drug-likeness (QED) is 0.805. The van der Waals surface area contributed by atoms with Crippen LogP contribution in [0.1, 0.15) is 12.8 Å². The molecule has 0 aliphatic heterocycles. The van der Waals surface area contributed by atoms with Gasteiger partial charge in [-0.05, 0) is 6.92 Å². The van der Waals surface area contributed by atoms with Gasteiger partial charge in [0.05, 0.1) is 0 Å². The molecule has 10 heteroatoms. The monoisotopic (exact) mass is 248 g/mol. The Morgan fingerprint density at radius 2 is 2.12 bits per heavy atom. The molecule has 0 saturated carbocycles. The Kier molecular flexibility index (Phi) is 2.38. The second-order valence-corrected chi connectivity index (χ2v) is 3.46. The standard InChI is InChI=1S/C7H7F3N6O/c1-6(11,7(8,9)10)5-14-4(16-17-5)3-12-2-13-15-3/h2H,11H2,1H3,(H,12,13,15). The number of nitrogens with zero attached hydrogens (tertiary/aromatic N) is 4. The maximum absolute atomic E-state index is 12.6. The molecule has 2 rings (SSSR count). The molecule has 2 aromatic rings. The van der Waals surface area contributed by atoms with Crippen LogP contribution in [0.25, 0.3) is 11.6 Å². The van der Waals surface area contributed by atoms with E-state index < -0.39 is 17.6 Å². The summed E-state index contributed by atoms with van der Waals surface area (Å²) in [7, 11) is 0. The molecule has 0 aliphatic carbocycles. The van der Waals surface area contributed by atoms with Crippen molar-refractivity contribution in [3.63, 3.8) is 0 Å². The third-order valence-corrected chi connectivity index (χ3v) is 2.09. The Balaban J connectivity index is 2.37. The van der Waals surface area contributed by atoms with Crippen molar-refractivity contribution in [3.8, 4) is 11.6 Å². The molecule has 0 amide bonds. The number of aromatic nitrogens is 5. The van der Waals surface area contributed by atoms with Crippen LogP contribution in [0.2, 0.25) is 0 Å². The van der Waals surface area contributed by atoms with E-state index in [1.165, 1.54) is 0 Å². The van der Waals surface area contributed by atoms with Crippen LogP contribution in [0.5, 0.6) is 0 Å². The Bertz CT molecular complexity index is 502. The molecule has 3 N–H and O–H groups in total. The fourth-order valence-corrected chi connectivity index (χ4v) is 0.965. The van der Waals surface area contributed by atoms with Gasteiger partial charge in [-0.3, -0.25) is 5.10 Å². The van der Waals surface area contributed by atoms with Gasteiger partial charge in [0.2, 0.25) is 5.82 Å². The zero-order valence-electron chi connectivity index (χ0n) is 8.49. The highest BCUT2D eigenvalue weighted by atomic mass is 19.4. The largest absolute Gasteiger partial charge is 0.415 e. The summed E-state index contributed by atoms with van der Waals surface area (Å²) in [4.78, 5) is 7.20. The number of nitrogens with two attached hydrogens (primary N) is 1. The molecule has 2 aromatic heterocycles. The Morgan fingerprint density at radius 3 is 2.65 bits per heavy atom. The summed E-state index contributed by atoms with van der Waals surface area (Å²) in [5.74, 6) is -0.784. The summed E-state index contributed by atoms with van der Waals surface area (Å²) in [6, 6.07) is 0. The molecule has 0 spiro atoms. The van der Waals surface area contributed by atoms with Crippen molar-refractivity contribution in [2.24, 2.45) is 5.73 Å². The predicted molar refractivity (Wildman–Crippen MR) is 47.3 cm³/mol. The topological polar surface area (TPSA) is 107 Å². The van der Waals surface area contributed by atoms with Crippen LogP contribution in [0.3, 0.4) is 0 Å². The zero-order valence-corrected chi connectivity index (χ0v) is 8.49. The van der Waals surface area contributed by atoms with Crippen molar-refractivity contribution < 1.29 is 17.7 Å². The molecule has 0 aliphatic rings. The van der Waals surface area contributed by atoms with Gasteiger partial charge >= 0.3 is 6.18 Å². The van der Waals surface area contributed by atoms with E-state index in [0.29, 0.717) is 0 Å². The number of alkyl halides is 3. The molecule has 2 heterocycles. The van der Waals surface area contributed by atoms with Crippen LogP contribution in [0, 0.1) is 0 Å². The molecular weight excluding hydrogens is 241 g/mol. The van der Waals surface area contributed by atoms with Gasteiger partial charge in [-0.2, -0.15) is 23.3 Å². The average molecular weight is 248 g/mol. The Labute approximate surface area is 92.2 Å². The van der Waals surface area contributed by atoms with E-state index in [-0.39, 0.29) is 11.6 Å². The number of nitrogens with one attached hydrogen (secondary N) is 1. The van der Waals surface area contributed by atoms with E-state index in [4.69, 9.17) is 5.73 Å². The molecule has 0 fully saturated rings. The van der Waals surface area contributed by atoms with E-state index in [1.54, 1.807) is 0 Å². The molecule has 0 radical (unpaired) electrons. The third-order valence-electron chi connectivity index (χ3n) is 2.09. The molecule has 17 heavy (non-hydrogen) atoms. The fourth-order valence-electron chi connectivity index (χ4n) is 0.965. The van der Waals surface area contributed by atoms with Gasteiger partial charge in [-0.1, -0.05) is 5.16 Å². The summed E-state index contributed by atoms with van der Waals surface area (Å²) in [6.45, 7) is 0.741. The summed E-state index contributed by atoms with van der Waals surface area (Å²) in [5, 5.41) is 9.23. The molecule has 92 valence electrons. The highest BCUT2D eigenvalue weighted by Gasteiger charge is 2.53. The molecule has 1 atom stereocenters. The summed E-state index contributed by atoms with van der Waals surface area (Å²) in [5.41, 5.74) is 2.40. The highest BCUT2D eigenvalue weighted by molar-refractivity contribution is 5.40. The van der Waals surface area contributed by atoms with Crippen LogP contribution >= 0.6 is 0 Å². The van der Waals surface area contributed by atoms with Gasteiger partial charge in [-0.25, -0.2) is 4.98 Å². The van der Waals surface area contributed by atoms with Crippen molar-refractivity contribution in [1.82, 2.24) is 25.3 Å². The van der Waals surface area contributed by atoms with Crippen molar-refractivity contribution in [1.29, 1.82) is 0 Å². The first-order valence-corrected chi connectivity index (χ1v) is 4.38. The smallest absolute Gasteiger partial charge is 0.336 e. The van der Waals surface area contributed by atoms with Gasteiger partial charge in [0.25, 0.3) is 5.89 Å². The number of rotatable bonds is 2. The predicted octanol–water partition coefficient (Wildman–Crippen LogP) is 0.591. The maximum atomic E-state index is 12.6. The van der Waals surface area contributed by atoms with Crippen LogP contribution in [0.4, 0.5) is 13.2 Å². The lowest BCUT2D eigenvalue weighted by molar-refractivity contribution is -0.190. The lowest BCUT2D eigenvalue weighted by Crippen LogP contribution is -2.48. The van der Waals surface area contributed by atoms with Crippen molar-refractivity contribution in [2.75, 3.05) is 0 Å². The molecule has 0 aromatic carbocycles. The highest BCUT2D eigenvalue weighted by Crippen LogP contribution is 2.35. The van der Waals surface area contributed by atoms with Crippen LogP contribution in [-0.2, 0) is 5.54 Å². The van der Waals surface area contributed by atoms with E-state index in [9.17, 15) is 13.2 Å². The maximum Gasteiger partial charge on any atom is 0.415 e. The minimum Gasteiger partial charge on any atom is -0.336 e. The van der Waals surface area contributed by atoms with E-state index in [0.717, 1.165) is 13.3 Å². The zero-order chi connectivity index (χ0) is 12.7. The molecule has 1 unspecified atom stereocenters. The normalized spacial score (nSPS) is 15.8. The first-order valence-electron chi connectivity index (χ1n) is 4.38. The minimum absolute atomic E-state index is 0.0953. The summed E-state index contributed by atoms with van der Waals surface area (Å²) >= 11 is 0. The van der Waals surface area contributed by atoms with Gasteiger partial charge in [-0.15, -0.1) is 0 Å². The number of halogens is 3. The molecule has 7 nitrogen and oxygen atoms in total. The fraction of sp³-hybridized carbons (Fsp3) is 0.429. The average Bonchev–Trinajstić information content (AvgIpc) is 2.87. The van der Waals surface area contributed by atoms with Gasteiger partial charge in [0, 0.05) is 0 Å². The van der Waals surface area contributed by atoms with Crippen LogP contribution in [0.15, 0.2) is 10.9 Å². The number of H-pyrrole nitrogens is 1. The van der Waals surface area contributed by atoms with Gasteiger partial charge in [0.15, 0.2) is 11.4 Å². The number of hydrogen-bond donors (Lipinski definition) is 2. The van der Waals surface area contributed by atoms with Crippen molar-refractivity contribution >= 4 is 0 Å². The number of aromatic amines is 1. The third kappa shape index (κ3) is 1.86. The van der Waals surface area contributed by atoms with Gasteiger partial charge in [0.1, 0.15) is 6.33 Å². The van der Waals surface area contributed by atoms with Crippen molar-refractivity contribution in [3.05, 3.63) is 12.2 Å². The first kappa shape index (κ1) is 11.5. The second kappa shape index (κ2) is 3.52. The Hall–Kier alpha value is -1.97. The summed E-state index contributed by atoms with van der Waals surface area (Å²) < 4.78 is 42.2. The van der Waals surface area contributed by atoms with Crippen LogP contribution in [-0.4, -0.2) is 31.5 Å². The summed E-state index contributed by atoms with van der Waals surface area (Å²) in [6.07, 6.45) is -3.53. The second-order valence-electron chi connectivity index (χ2n) is 3.46. The number of hydrogen-bond acceptors (Lipinski definition) is 6. The van der Waals surface area contributed by atoms with Gasteiger partial charge < -0.3 is 10.3 Å². The molecule has 0 saturated heterocycles.